The van der Waals surface area contributed by atoms with Gasteiger partial charge in [0.1, 0.15) is 0 Å². The molecular formula is C22H21Li. The predicted molar refractivity (Wildman–Crippen MR) is 95.1 cm³/mol. The van der Waals surface area contributed by atoms with Gasteiger partial charge in [-0.05, 0) is 27.7 Å². The van der Waals surface area contributed by atoms with Crippen molar-refractivity contribution < 1.29 is 18.9 Å². The molecule has 3 aromatic rings. The summed E-state index contributed by atoms with van der Waals surface area (Å²) in [7, 11) is 0. The van der Waals surface area contributed by atoms with Crippen molar-refractivity contribution in [3.63, 3.8) is 0 Å². The van der Waals surface area contributed by atoms with Crippen molar-refractivity contribution in [2.24, 2.45) is 0 Å². The van der Waals surface area contributed by atoms with Gasteiger partial charge in [0.25, 0.3) is 0 Å². The smallest absolute Gasteiger partial charge is 0.147 e. The van der Waals surface area contributed by atoms with E-state index in [-0.39, 0.29) is 18.9 Å². The van der Waals surface area contributed by atoms with Crippen molar-refractivity contribution in [2.75, 3.05) is 0 Å². The number of benzene rings is 3. The maximum atomic E-state index is 3.49. The predicted octanol–water partition coefficient (Wildman–Crippen LogP) is 3.06. The minimum absolute atomic E-state index is 0. The van der Waals surface area contributed by atoms with Gasteiger partial charge >= 0.3 is 18.9 Å². The van der Waals surface area contributed by atoms with Crippen molar-refractivity contribution in [1.29, 1.82) is 0 Å². The third-order valence-electron chi connectivity index (χ3n) is 4.34. The molecule has 0 saturated carbocycles. The van der Waals surface area contributed by atoms with E-state index in [4.69, 9.17) is 0 Å². The summed E-state index contributed by atoms with van der Waals surface area (Å²) in [6.45, 7) is 8.73. The van der Waals surface area contributed by atoms with Gasteiger partial charge in [-0.15, -0.1) is 35.4 Å². The van der Waals surface area contributed by atoms with Crippen LogP contribution in [0, 0.1) is 33.8 Å². The zero-order chi connectivity index (χ0) is 15.7. The van der Waals surface area contributed by atoms with Gasteiger partial charge < -0.3 is 0 Å². The van der Waals surface area contributed by atoms with Gasteiger partial charge in [-0.3, -0.25) is 0 Å². The number of aryl methyl sites for hydroxylation is 4. The van der Waals surface area contributed by atoms with E-state index in [0.29, 0.717) is 0 Å². The molecule has 0 aliphatic rings. The van der Waals surface area contributed by atoms with Crippen LogP contribution < -0.4 is 18.9 Å². The molecular weight excluding hydrogens is 271 g/mol. The molecule has 0 heterocycles. The van der Waals surface area contributed by atoms with Crippen molar-refractivity contribution >= 4 is 0 Å². The quantitative estimate of drug-likeness (QED) is 0.503. The fourth-order valence-corrected chi connectivity index (χ4v) is 3.30. The fraction of sp³-hybridized carbons (Fsp3) is 0.182. The average molecular weight is 292 g/mol. The van der Waals surface area contributed by atoms with Gasteiger partial charge in [0.2, 0.25) is 0 Å². The summed E-state index contributed by atoms with van der Waals surface area (Å²) < 4.78 is 0. The van der Waals surface area contributed by atoms with Crippen LogP contribution in [-0.2, 0) is 0 Å². The summed E-state index contributed by atoms with van der Waals surface area (Å²) in [6, 6.07) is 22.8. The molecule has 0 bridgehead atoms. The Morgan fingerprint density at radius 3 is 1.61 bits per heavy atom. The van der Waals surface area contributed by atoms with Crippen LogP contribution in [0.2, 0.25) is 0 Å². The molecule has 0 unspecified atom stereocenters. The van der Waals surface area contributed by atoms with Crippen molar-refractivity contribution in [2.45, 2.75) is 27.7 Å². The van der Waals surface area contributed by atoms with Gasteiger partial charge in [-0.1, -0.05) is 69.8 Å². The largest absolute Gasteiger partial charge is 1.00 e. The van der Waals surface area contributed by atoms with Gasteiger partial charge in [-0.25, -0.2) is 0 Å². The maximum Gasteiger partial charge on any atom is 1.00 e. The summed E-state index contributed by atoms with van der Waals surface area (Å²) in [5, 5.41) is 0. The van der Waals surface area contributed by atoms with Gasteiger partial charge in [0.15, 0.2) is 0 Å². The Bertz CT molecular complexity index is 720. The monoisotopic (exact) mass is 292 g/mol. The fourth-order valence-electron chi connectivity index (χ4n) is 3.30. The van der Waals surface area contributed by atoms with Crippen LogP contribution in [0.5, 0.6) is 0 Å². The Morgan fingerprint density at radius 1 is 0.609 bits per heavy atom. The van der Waals surface area contributed by atoms with E-state index in [1.807, 2.05) is 6.07 Å². The third-order valence-corrected chi connectivity index (χ3v) is 4.34. The Morgan fingerprint density at radius 2 is 1.09 bits per heavy atom. The maximum absolute atomic E-state index is 3.49. The number of hydrogen-bond acceptors (Lipinski definition) is 0. The topological polar surface area (TPSA) is 0 Å². The van der Waals surface area contributed by atoms with Crippen molar-refractivity contribution in [3.05, 3.63) is 82.9 Å². The van der Waals surface area contributed by atoms with Crippen LogP contribution in [0.3, 0.4) is 0 Å². The Hall–Kier alpha value is -1.74. The Kier molecular flexibility index (Phi) is 5.53. The summed E-state index contributed by atoms with van der Waals surface area (Å²) in [6.07, 6.45) is 0. The first-order valence-electron chi connectivity index (χ1n) is 7.73. The molecule has 0 aromatic heterocycles. The minimum Gasteiger partial charge on any atom is -0.147 e. The average Bonchev–Trinajstić information content (AvgIpc) is 2.48. The molecule has 0 fully saturated rings. The van der Waals surface area contributed by atoms with Gasteiger partial charge in [0, 0.05) is 0 Å². The zero-order valence-corrected chi connectivity index (χ0v) is 14.7. The van der Waals surface area contributed by atoms with E-state index in [2.05, 4.69) is 82.3 Å². The van der Waals surface area contributed by atoms with E-state index in [9.17, 15) is 0 Å². The second-order valence-corrected chi connectivity index (χ2v) is 5.99. The van der Waals surface area contributed by atoms with Crippen molar-refractivity contribution in [1.82, 2.24) is 0 Å². The molecule has 0 radical (unpaired) electrons. The number of rotatable bonds is 2. The first kappa shape index (κ1) is 17.6. The summed E-state index contributed by atoms with van der Waals surface area (Å²) in [5.74, 6) is 0. The Balaban J connectivity index is 0.00000192. The molecule has 1 heteroatoms. The third kappa shape index (κ3) is 3.30. The van der Waals surface area contributed by atoms with Crippen LogP contribution >= 0.6 is 0 Å². The Labute approximate surface area is 151 Å². The molecule has 0 aliphatic heterocycles. The van der Waals surface area contributed by atoms with Crippen molar-refractivity contribution in [3.8, 4) is 22.3 Å². The first-order chi connectivity index (χ1) is 10.6. The summed E-state index contributed by atoms with van der Waals surface area (Å²) >= 11 is 0. The van der Waals surface area contributed by atoms with E-state index < -0.39 is 0 Å². The molecule has 0 atom stereocenters. The number of hydrogen-bond donors (Lipinski definition) is 0. The molecule has 0 nitrogen and oxygen atoms in total. The molecule has 0 aliphatic carbocycles. The minimum atomic E-state index is 0. The molecule has 23 heavy (non-hydrogen) atoms. The molecule has 0 amide bonds. The molecule has 0 spiro atoms. The van der Waals surface area contributed by atoms with Crippen LogP contribution in [0.1, 0.15) is 22.3 Å². The molecule has 0 saturated heterocycles. The molecule has 110 valence electrons. The van der Waals surface area contributed by atoms with Gasteiger partial charge in [0.05, 0.1) is 0 Å². The summed E-state index contributed by atoms with van der Waals surface area (Å²) in [5.41, 5.74) is 10.3. The summed E-state index contributed by atoms with van der Waals surface area (Å²) in [4.78, 5) is 0. The first-order valence-corrected chi connectivity index (χ1v) is 7.73. The van der Waals surface area contributed by atoms with Crippen LogP contribution in [0.4, 0.5) is 0 Å². The van der Waals surface area contributed by atoms with Crippen LogP contribution in [0.15, 0.2) is 54.6 Å². The SMILES string of the molecule is Cc1cccc(C)c1-c1[c-]cccc1-c1c(C)cccc1C.[Li+]. The normalized spacial score (nSPS) is 10.3. The van der Waals surface area contributed by atoms with Crippen LogP contribution in [0.25, 0.3) is 22.3 Å². The zero-order valence-electron chi connectivity index (χ0n) is 14.7. The standard InChI is InChI=1S/C22H21.Li/c1-15-9-7-10-16(2)21(15)19-13-5-6-14-20(19)22-17(3)11-8-12-18(22)4;/h5-13H,1-4H3;/q-1;+1. The van der Waals surface area contributed by atoms with E-state index >= 15 is 0 Å². The molecule has 3 aromatic carbocycles. The van der Waals surface area contributed by atoms with Crippen LogP contribution in [-0.4, -0.2) is 0 Å². The second kappa shape index (κ2) is 7.22. The van der Waals surface area contributed by atoms with Gasteiger partial charge in [-0.2, -0.15) is 0 Å². The second-order valence-electron chi connectivity index (χ2n) is 5.99. The molecule has 0 N–H and O–H groups in total. The van der Waals surface area contributed by atoms with E-state index in [0.717, 1.165) is 0 Å². The van der Waals surface area contributed by atoms with E-state index in [1.54, 1.807) is 0 Å². The molecule has 3 rings (SSSR count). The van der Waals surface area contributed by atoms with E-state index in [1.165, 1.54) is 44.5 Å².